The highest BCUT2D eigenvalue weighted by Crippen LogP contribution is 2.28. The first-order valence-electron chi connectivity index (χ1n) is 7.40. The van der Waals surface area contributed by atoms with Crippen molar-refractivity contribution in [1.29, 1.82) is 0 Å². The standard InChI is InChI=1S/C14H26N2O3/c1-16(8-9-19-10-11-2-3-11)7-6-13(14(17)18)15-12-4-5-12/h11-13,15H,2-10H2,1H3,(H,17,18). The molecule has 0 radical (unpaired) electrons. The van der Waals surface area contributed by atoms with Crippen molar-refractivity contribution in [2.24, 2.45) is 5.92 Å². The molecular weight excluding hydrogens is 244 g/mol. The molecule has 2 aliphatic carbocycles. The molecular formula is C14H26N2O3. The topological polar surface area (TPSA) is 61.8 Å². The summed E-state index contributed by atoms with van der Waals surface area (Å²) in [5, 5.41) is 12.3. The molecule has 0 aromatic rings. The molecule has 2 N–H and O–H groups in total. The van der Waals surface area contributed by atoms with Gasteiger partial charge < -0.3 is 20.1 Å². The van der Waals surface area contributed by atoms with Crippen LogP contribution in [0.2, 0.25) is 0 Å². The van der Waals surface area contributed by atoms with Crippen LogP contribution in [0.15, 0.2) is 0 Å². The Morgan fingerprint density at radius 3 is 2.68 bits per heavy atom. The first-order valence-corrected chi connectivity index (χ1v) is 7.40. The third-order valence-electron chi connectivity index (χ3n) is 3.78. The van der Waals surface area contributed by atoms with Crippen LogP contribution in [0.1, 0.15) is 32.1 Å². The van der Waals surface area contributed by atoms with Crippen molar-refractivity contribution in [1.82, 2.24) is 10.2 Å². The Hall–Kier alpha value is -0.650. The fourth-order valence-corrected chi connectivity index (χ4v) is 2.03. The van der Waals surface area contributed by atoms with Gasteiger partial charge in [-0.05, 0) is 51.6 Å². The number of hydrogen-bond acceptors (Lipinski definition) is 4. The van der Waals surface area contributed by atoms with Crippen LogP contribution in [0.4, 0.5) is 0 Å². The minimum absolute atomic E-state index is 0.401. The SMILES string of the molecule is CN(CCOCC1CC1)CCC(NC1CC1)C(=O)O. The van der Waals surface area contributed by atoms with Crippen molar-refractivity contribution in [3.05, 3.63) is 0 Å². The Labute approximate surface area is 115 Å². The Balaban J connectivity index is 1.52. The van der Waals surface area contributed by atoms with Crippen molar-refractivity contribution in [2.75, 3.05) is 33.4 Å². The predicted molar refractivity (Wildman–Crippen MR) is 73.2 cm³/mol. The van der Waals surface area contributed by atoms with Gasteiger partial charge in [-0.15, -0.1) is 0 Å². The summed E-state index contributed by atoms with van der Waals surface area (Å²) in [6, 6.07) is 0.0376. The molecule has 19 heavy (non-hydrogen) atoms. The van der Waals surface area contributed by atoms with Crippen LogP contribution in [-0.4, -0.2) is 61.4 Å². The highest BCUT2D eigenvalue weighted by atomic mass is 16.5. The molecule has 2 rings (SSSR count). The molecule has 2 fully saturated rings. The van der Waals surface area contributed by atoms with E-state index in [1.165, 1.54) is 12.8 Å². The maximum Gasteiger partial charge on any atom is 0.320 e. The molecule has 0 spiro atoms. The van der Waals surface area contributed by atoms with E-state index in [0.717, 1.165) is 45.1 Å². The van der Waals surface area contributed by atoms with E-state index in [2.05, 4.69) is 10.2 Å². The third kappa shape index (κ3) is 6.36. The summed E-state index contributed by atoms with van der Waals surface area (Å²) < 4.78 is 5.58. The lowest BCUT2D eigenvalue weighted by molar-refractivity contribution is -0.139. The number of aliphatic carboxylic acids is 1. The summed E-state index contributed by atoms with van der Waals surface area (Å²) in [4.78, 5) is 13.3. The van der Waals surface area contributed by atoms with E-state index in [1.807, 2.05) is 7.05 Å². The Morgan fingerprint density at radius 2 is 2.11 bits per heavy atom. The molecule has 2 saturated carbocycles. The second-order valence-electron chi connectivity index (χ2n) is 5.94. The maximum absolute atomic E-state index is 11.1. The summed E-state index contributed by atoms with van der Waals surface area (Å²) in [5.41, 5.74) is 0. The lowest BCUT2D eigenvalue weighted by Gasteiger charge is -2.20. The number of ether oxygens (including phenoxy) is 1. The van der Waals surface area contributed by atoms with E-state index in [4.69, 9.17) is 9.84 Å². The number of rotatable bonds is 11. The molecule has 2 aliphatic rings. The zero-order valence-electron chi connectivity index (χ0n) is 11.8. The molecule has 110 valence electrons. The van der Waals surface area contributed by atoms with Crippen molar-refractivity contribution in [3.63, 3.8) is 0 Å². The molecule has 1 unspecified atom stereocenters. The molecule has 0 amide bonds. The second kappa shape index (κ2) is 7.22. The largest absolute Gasteiger partial charge is 0.480 e. The van der Waals surface area contributed by atoms with Gasteiger partial charge in [0.1, 0.15) is 6.04 Å². The summed E-state index contributed by atoms with van der Waals surface area (Å²) >= 11 is 0. The van der Waals surface area contributed by atoms with Crippen LogP contribution in [-0.2, 0) is 9.53 Å². The molecule has 0 aliphatic heterocycles. The van der Waals surface area contributed by atoms with Gasteiger partial charge in [0.05, 0.1) is 6.61 Å². The summed E-state index contributed by atoms with van der Waals surface area (Å²) in [5.74, 6) is 0.0784. The van der Waals surface area contributed by atoms with E-state index < -0.39 is 12.0 Å². The zero-order chi connectivity index (χ0) is 13.7. The number of carboxylic acids is 1. The van der Waals surface area contributed by atoms with E-state index in [0.29, 0.717) is 12.5 Å². The molecule has 0 aromatic carbocycles. The van der Waals surface area contributed by atoms with Crippen LogP contribution in [0.5, 0.6) is 0 Å². The number of nitrogens with zero attached hydrogens (tertiary/aromatic N) is 1. The van der Waals surface area contributed by atoms with Crippen molar-refractivity contribution in [2.45, 2.75) is 44.2 Å². The Morgan fingerprint density at radius 1 is 1.37 bits per heavy atom. The summed E-state index contributed by atoms with van der Waals surface area (Å²) in [6.07, 6.45) is 5.54. The predicted octanol–water partition coefficient (Wildman–Crippen LogP) is 0.940. The first kappa shape index (κ1) is 14.8. The van der Waals surface area contributed by atoms with Gasteiger partial charge in [-0.2, -0.15) is 0 Å². The van der Waals surface area contributed by atoms with Crippen LogP contribution in [0, 0.1) is 5.92 Å². The molecule has 0 saturated heterocycles. The van der Waals surface area contributed by atoms with E-state index in [9.17, 15) is 4.79 Å². The zero-order valence-corrected chi connectivity index (χ0v) is 11.8. The van der Waals surface area contributed by atoms with Gasteiger partial charge in [0.2, 0.25) is 0 Å². The fourth-order valence-electron chi connectivity index (χ4n) is 2.03. The summed E-state index contributed by atoms with van der Waals surface area (Å²) in [6.45, 7) is 3.32. The first-order chi connectivity index (χ1) is 9.15. The van der Waals surface area contributed by atoms with Crippen LogP contribution in [0.25, 0.3) is 0 Å². The van der Waals surface area contributed by atoms with Crippen LogP contribution < -0.4 is 5.32 Å². The number of carboxylic acid groups (broad SMARTS) is 1. The quantitative estimate of drug-likeness (QED) is 0.547. The van der Waals surface area contributed by atoms with Gasteiger partial charge in [-0.25, -0.2) is 0 Å². The molecule has 0 heterocycles. The lowest BCUT2D eigenvalue weighted by atomic mass is 10.2. The van der Waals surface area contributed by atoms with Crippen molar-refractivity contribution in [3.8, 4) is 0 Å². The molecule has 0 bridgehead atoms. The van der Waals surface area contributed by atoms with Crippen molar-refractivity contribution >= 4 is 5.97 Å². The number of nitrogens with one attached hydrogen (secondary N) is 1. The van der Waals surface area contributed by atoms with Crippen molar-refractivity contribution < 1.29 is 14.6 Å². The van der Waals surface area contributed by atoms with Crippen LogP contribution >= 0.6 is 0 Å². The lowest BCUT2D eigenvalue weighted by Crippen LogP contribution is -2.40. The maximum atomic E-state index is 11.1. The van der Waals surface area contributed by atoms with E-state index in [-0.39, 0.29) is 0 Å². The second-order valence-corrected chi connectivity index (χ2v) is 5.94. The number of carbonyl (C=O) groups is 1. The smallest absolute Gasteiger partial charge is 0.320 e. The van der Waals surface area contributed by atoms with Gasteiger partial charge in [0.25, 0.3) is 0 Å². The minimum Gasteiger partial charge on any atom is -0.480 e. The Kier molecular flexibility index (Phi) is 5.60. The average molecular weight is 270 g/mol. The number of likely N-dealkylation sites (N-methyl/N-ethyl adjacent to an activating group) is 1. The fraction of sp³-hybridized carbons (Fsp3) is 0.929. The molecule has 5 heteroatoms. The van der Waals surface area contributed by atoms with Gasteiger partial charge in [-0.3, -0.25) is 4.79 Å². The normalized spacial score (nSPS) is 20.7. The monoisotopic (exact) mass is 270 g/mol. The highest BCUT2D eigenvalue weighted by molar-refractivity contribution is 5.73. The van der Waals surface area contributed by atoms with Gasteiger partial charge in [0.15, 0.2) is 0 Å². The van der Waals surface area contributed by atoms with E-state index >= 15 is 0 Å². The van der Waals surface area contributed by atoms with E-state index in [1.54, 1.807) is 0 Å². The molecule has 1 atom stereocenters. The minimum atomic E-state index is -0.731. The molecule has 5 nitrogen and oxygen atoms in total. The average Bonchev–Trinajstić information content (AvgIpc) is 3.24. The Bertz CT molecular complexity index is 290. The van der Waals surface area contributed by atoms with Gasteiger partial charge >= 0.3 is 5.97 Å². The summed E-state index contributed by atoms with van der Waals surface area (Å²) in [7, 11) is 2.02. The highest BCUT2D eigenvalue weighted by Gasteiger charge is 2.28. The molecule has 0 aromatic heterocycles. The number of hydrogen-bond donors (Lipinski definition) is 2. The third-order valence-corrected chi connectivity index (χ3v) is 3.78. The van der Waals surface area contributed by atoms with Crippen LogP contribution in [0.3, 0.4) is 0 Å². The van der Waals surface area contributed by atoms with Gasteiger partial charge in [0, 0.05) is 19.2 Å². The van der Waals surface area contributed by atoms with Gasteiger partial charge in [-0.1, -0.05) is 0 Å².